The number of carbonyl (C=O) groups is 1. The zero-order chi connectivity index (χ0) is 21.3. The van der Waals surface area contributed by atoms with Crippen LogP contribution >= 0.6 is 11.8 Å². The van der Waals surface area contributed by atoms with E-state index in [1.807, 2.05) is 72.2 Å². The van der Waals surface area contributed by atoms with E-state index in [2.05, 4.69) is 22.8 Å². The highest BCUT2D eigenvalue weighted by Crippen LogP contribution is 2.28. The first-order valence-electron chi connectivity index (χ1n) is 9.65. The van der Waals surface area contributed by atoms with E-state index in [-0.39, 0.29) is 12.3 Å². The Morgan fingerprint density at radius 3 is 2.50 bits per heavy atom. The molecule has 30 heavy (non-hydrogen) atoms. The molecule has 0 fully saturated rings. The van der Waals surface area contributed by atoms with Crippen LogP contribution in [0.25, 0.3) is 11.4 Å². The van der Waals surface area contributed by atoms with Gasteiger partial charge in [-0.3, -0.25) is 9.36 Å². The molecule has 152 valence electrons. The van der Waals surface area contributed by atoms with Crippen molar-refractivity contribution in [1.82, 2.24) is 14.8 Å². The topological polar surface area (TPSA) is 74.8 Å². The zero-order valence-electron chi connectivity index (χ0n) is 16.8. The van der Waals surface area contributed by atoms with Crippen molar-refractivity contribution in [1.29, 1.82) is 5.26 Å². The molecule has 1 aromatic heterocycles. The van der Waals surface area contributed by atoms with Crippen LogP contribution in [0, 0.1) is 11.3 Å². The summed E-state index contributed by atoms with van der Waals surface area (Å²) in [6, 6.07) is 21.3. The van der Waals surface area contributed by atoms with Crippen LogP contribution in [0.2, 0.25) is 0 Å². The lowest BCUT2D eigenvalue weighted by Crippen LogP contribution is -2.37. The summed E-state index contributed by atoms with van der Waals surface area (Å²) in [4.78, 5) is 14.9. The van der Waals surface area contributed by atoms with Gasteiger partial charge in [-0.05, 0) is 19.1 Å². The normalized spacial score (nSPS) is 11.5. The van der Waals surface area contributed by atoms with Gasteiger partial charge in [-0.15, -0.1) is 16.8 Å². The van der Waals surface area contributed by atoms with Crippen LogP contribution in [0.5, 0.6) is 0 Å². The Kier molecular flexibility index (Phi) is 7.41. The highest BCUT2D eigenvalue weighted by atomic mass is 32.2. The number of carbonyl (C=O) groups excluding carboxylic acids is 1. The molecule has 3 aromatic rings. The minimum atomic E-state index is -0.403. The van der Waals surface area contributed by atoms with Gasteiger partial charge < -0.3 is 4.90 Å². The first-order chi connectivity index (χ1) is 14.7. The van der Waals surface area contributed by atoms with Crippen molar-refractivity contribution in [2.24, 2.45) is 0 Å². The fourth-order valence-corrected chi connectivity index (χ4v) is 3.96. The summed E-state index contributed by atoms with van der Waals surface area (Å²) in [5.41, 5.74) is 1.74. The maximum atomic E-state index is 13.2. The average Bonchev–Trinajstić information content (AvgIpc) is 3.17. The summed E-state index contributed by atoms with van der Waals surface area (Å²) >= 11 is 1.36. The van der Waals surface area contributed by atoms with Gasteiger partial charge in [0, 0.05) is 24.3 Å². The van der Waals surface area contributed by atoms with E-state index in [0.29, 0.717) is 18.2 Å². The first kappa shape index (κ1) is 21.3. The fourth-order valence-electron chi connectivity index (χ4n) is 3.03. The smallest absolute Gasteiger partial charge is 0.240 e. The lowest BCUT2D eigenvalue weighted by Gasteiger charge is -2.24. The second kappa shape index (κ2) is 10.4. The predicted molar refractivity (Wildman–Crippen MR) is 120 cm³/mol. The number of hydrogen-bond donors (Lipinski definition) is 0. The maximum Gasteiger partial charge on any atom is 0.240 e. The maximum absolute atomic E-state index is 13.2. The van der Waals surface area contributed by atoms with E-state index in [9.17, 15) is 4.79 Å². The molecule has 0 spiro atoms. The zero-order valence-corrected chi connectivity index (χ0v) is 17.6. The molecule has 0 aliphatic carbocycles. The lowest BCUT2D eigenvalue weighted by molar-refractivity contribution is -0.117. The van der Waals surface area contributed by atoms with Crippen LogP contribution in [0.4, 0.5) is 5.69 Å². The van der Waals surface area contributed by atoms with Crippen molar-refractivity contribution in [2.75, 3.05) is 11.4 Å². The van der Waals surface area contributed by atoms with Gasteiger partial charge in [0.25, 0.3) is 0 Å². The Morgan fingerprint density at radius 1 is 1.20 bits per heavy atom. The second-order valence-electron chi connectivity index (χ2n) is 6.57. The molecule has 1 heterocycles. The van der Waals surface area contributed by atoms with E-state index in [0.717, 1.165) is 17.1 Å². The molecule has 1 unspecified atom stereocenters. The van der Waals surface area contributed by atoms with Crippen molar-refractivity contribution < 1.29 is 4.79 Å². The van der Waals surface area contributed by atoms with Crippen molar-refractivity contribution >= 4 is 23.4 Å². The Bertz CT molecular complexity index is 1030. The summed E-state index contributed by atoms with van der Waals surface area (Å²) < 4.78 is 1.96. The van der Waals surface area contributed by atoms with Crippen LogP contribution in [0.15, 0.2) is 78.5 Å². The predicted octanol–water partition coefficient (Wildman–Crippen LogP) is 4.56. The third-order valence-electron chi connectivity index (χ3n) is 4.47. The SMILES string of the molecule is C=CCn1c(SC(C)C(=O)N(CCC#N)c2ccccc2)nnc1-c1ccccc1. The number of hydrogen-bond acceptors (Lipinski definition) is 5. The molecule has 0 N–H and O–H groups in total. The van der Waals surface area contributed by atoms with E-state index in [1.54, 1.807) is 11.0 Å². The van der Waals surface area contributed by atoms with Crippen molar-refractivity contribution in [3.8, 4) is 17.5 Å². The minimum absolute atomic E-state index is 0.0733. The van der Waals surface area contributed by atoms with Gasteiger partial charge in [0.2, 0.25) is 5.91 Å². The van der Waals surface area contributed by atoms with Gasteiger partial charge in [0.15, 0.2) is 11.0 Å². The van der Waals surface area contributed by atoms with Crippen LogP contribution in [-0.4, -0.2) is 32.5 Å². The molecule has 1 atom stereocenters. The first-order valence-corrected chi connectivity index (χ1v) is 10.5. The number of nitrogens with zero attached hydrogens (tertiary/aromatic N) is 5. The van der Waals surface area contributed by atoms with Crippen LogP contribution in [0.1, 0.15) is 13.3 Å². The van der Waals surface area contributed by atoms with E-state index < -0.39 is 5.25 Å². The third-order valence-corrected chi connectivity index (χ3v) is 5.54. The van der Waals surface area contributed by atoms with Gasteiger partial charge in [-0.1, -0.05) is 66.4 Å². The molecular weight excluding hydrogens is 394 g/mol. The lowest BCUT2D eigenvalue weighted by atomic mass is 10.2. The van der Waals surface area contributed by atoms with Gasteiger partial charge in [-0.2, -0.15) is 5.26 Å². The molecule has 1 amide bonds. The van der Waals surface area contributed by atoms with Gasteiger partial charge >= 0.3 is 0 Å². The number of para-hydroxylation sites is 1. The Hall–Kier alpha value is -3.37. The second-order valence-corrected chi connectivity index (χ2v) is 7.87. The van der Waals surface area contributed by atoms with Gasteiger partial charge in [0.1, 0.15) is 0 Å². The number of thioether (sulfide) groups is 1. The average molecular weight is 418 g/mol. The summed E-state index contributed by atoms with van der Waals surface area (Å²) in [6.45, 7) is 6.57. The molecule has 0 saturated heterocycles. The number of anilines is 1. The van der Waals surface area contributed by atoms with Crippen LogP contribution in [0.3, 0.4) is 0 Å². The molecule has 0 aliphatic heterocycles. The molecule has 2 aromatic carbocycles. The van der Waals surface area contributed by atoms with Crippen LogP contribution in [-0.2, 0) is 11.3 Å². The molecule has 3 rings (SSSR count). The van der Waals surface area contributed by atoms with Crippen LogP contribution < -0.4 is 4.90 Å². The van der Waals surface area contributed by atoms with Gasteiger partial charge in [0.05, 0.1) is 17.7 Å². The Morgan fingerprint density at radius 2 is 1.87 bits per heavy atom. The standard InChI is InChI=1S/C23H23N5OS/c1-3-16-28-21(19-11-6-4-7-12-19)25-26-23(28)30-18(2)22(29)27(17-10-15-24)20-13-8-5-9-14-20/h3-9,11-14,18H,1,10,16-17H2,2H3. The van der Waals surface area contributed by atoms with Gasteiger partial charge in [-0.25, -0.2) is 0 Å². The molecule has 6 nitrogen and oxygen atoms in total. The van der Waals surface area contributed by atoms with E-state index >= 15 is 0 Å². The molecule has 0 radical (unpaired) electrons. The van der Waals surface area contributed by atoms with Crippen molar-refractivity contribution in [3.05, 3.63) is 73.3 Å². The minimum Gasteiger partial charge on any atom is -0.310 e. The summed E-state index contributed by atoms with van der Waals surface area (Å²) in [6.07, 6.45) is 2.05. The number of nitriles is 1. The highest BCUT2D eigenvalue weighted by Gasteiger charge is 2.25. The summed E-state index contributed by atoms with van der Waals surface area (Å²) in [5.74, 6) is 0.665. The Balaban J connectivity index is 1.84. The van der Waals surface area contributed by atoms with Crippen molar-refractivity contribution in [2.45, 2.75) is 30.3 Å². The largest absolute Gasteiger partial charge is 0.310 e. The number of allylic oxidation sites excluding steroid dienone is 1. The molecule has 7 heteroatoms. The van der Waals surface area contributed by atoms with Crippen molar-refractivity contribution in [3.63, 3.8) is 0 Å². The summed E-state index contributed by atoms with van der Waals surface area (Å²) in [5, 5.41) is 17.9. The molecule has 0 aliphatic rings. The van der Waals surface area contributed by atoms with E-state index in [1.165, 1.54) is 11.8 Å². The number of amides is 1. The molecule has 0 saturated carbocycles. The third kappa shape index (κ3) is 4.97. The Labute approximate surface area is 180 Å². The molecular formula is C23H23N5OS. The number of aromatic nitrogens is 3. The quantitative estimate of drug-likeness (QED) is 0.377. The van der Waals surface area contributed by atoms with E-state index in [4.69, 9.17) is 5.26 Å². The number of benzene rings is 2. The molecule has 0 bridgehead atoms. The number of rotatable bonds is 9. The summed E-state index contributed by atoms with van der Waals surface area (Å²) in [7, 11) is 0. The fraction of sp³-hybridized carbons (Fsp3) is 0.217. The highest BCUT2D eigenvalue weighted by molar-refractivity contribution is 8.00. The monoisotopic (exact) mass is 417 g/mol.